The van der Waals surface area contributed by atoms with Crippen molar-refractivity contribution in [2.45, 2.75) is 65.0 Å². The molecule has 0 aromatic rings. The number of nitrogens with zero attached hydrogens (tertiary/aromatic N) is 1. The van der Waals surface area contributed by atoms with Gasteiger partial charge in [0, 0.05) is 32.8 Å². The summed E-state index contributed by atoms with van der Waals surface area (Å²) in [6.45, 7) is 11.3. The maximum absolute atomic E-state index is 12.3. The second-order valence-electron chi connectivity index (χ2n) is 8.60. The Hall–Kier alpha value is -0.810. The van der Waals surface area contributed by atoms with E-state index < -0.39 is 5.60 Å². The Balaban J connectivity index is 1.86. The van der Waals surface area contributed by atoms with Gasteiger partial charge in [-0.25, -0.2) is 4.79 Å². The number of rotatable bonds is 6. The number of carbonyl (C=O) groups excluding carboxylic acids is 1. The van der Waals surface area contributed by atoms with E-state index >= 15 is 0 Å². The van der Waals surface area contributed by atoms with Crippen LogP contribution in [0.15, 0.2) is 0 Å². The minimum atomic E-state index is -0.432. The first-order valence-corrected chi connectivity index (χ1v) is 8.93. The van der Waals surface area contributed by atoms with Gasteiger partial charge >= 0.3 is 6.09 Å². The highest BCUT2D eigenvalue weighted by molar-refractivity contribution is 5.68. The molecule has 1 aliphatic carbocycles. The summed E-state index contributed by atoms with van der Waals surface area (Å²) < 4.78 is 10.9. The van der Waals surface area contributed by atoms with Crippen LogP contribution in [-0.4, -0.2) is 56.0 Å². The fourth-order valence-corrected chi connectivity index (χ4v) is 3.36. The summed E-state index contributed by atoms with van der Waals surface area (Å²) in [5, 5.41) is 3.70. The zero-order valence-electron chi connectivity index (χ0n) is 15.5. The van der Waals surface area contributed by atoms with Crippen LogP contribution in [0, 0.1) is 11.3 Å². The topological polar surface area (TPSA) is 50.8 Å². The van der Waals surface area contributed by atoms with Crippen LogP contribution in [-0.2, 0) is 9.47 Å². The molecule has 0 spiro atoms. The lowest BCUT2D eigenvalue weighted by molar-refractivity contribution is 0.00591. The van der Waals surface area contributed by atoms with Gasteiger partial charge in [-0.3, -0.25) is 0 Å². The molecule has 0 aromatic carbocycles. The van der Waals surface area contributed by atoms with E-state index in [-0.39, 0.29) is 11.5 Å². The first-order chi connectivity index (χ1) is 10.7. The average molecular weight is 326 g/mol. The molecule has 0 bridgehead atoms. The fraction of sp³-hybridized carbons (Fsp3) is 0.944. The molecule has 2 aliphatic rings. The van der Waals surface area contributed by atoms with Gasteiger partial charge in [0.25, 0.3) is 0 Å². The molecule has 1 saturated heterocycles. The number of ether oxygens (including phenoxy) is 2. The minimum Gasteiger partial charge on any atom is -0.444 e. The summed E-state index contributed by atoms with van der Waals surface area (Å²) in [5.41, 5.74) is -0.325. The molecule has 1 aliphatic heterocycles. The molecule has 2 unspecified atom stereocenters. The summed E-state index contributed by atoms with van der Waals surface area (Å²) in [4.78, 5) is 14.2. The van der Waals surface area contributed by atoms with Crippen molar-refractivity contribution in [1.82, 2.24) is 10.2 Å². The van der Waals surface area contributed by atoms with Crippen molar-refractivity contribution in [3.8, 4) is 0 Å². The van der Waals surface area contributed by atoms with Crippen LogP contribution in [0.5, 0.6) is 0 Å². The molecule has 0 aromatic heterocycles. The number of hydrogen-bond donors (Lipinski definition) is 1. The Morgan fingerprint density at radius 3 is 2.65 bits per heavy atom. The number of nitrogens with one attached hydrogen (secondary N) is 1. The SMILES string of the molecule is COCC(NCC1(C)CCCN(C(=O)OC(C)(C)C)C1)C1CC1. The standard InChI is InChI=1S/C18H34N2O3/c1-17(2,3)23-16(21)20-10-6-9-18(4,13-20)12-19-15(11-22-5)14-7-8-14/h14-15,19H,6-13H2,1-5H3. The zero-order chi connectivity index (χ0) is 17.1. The Morgan fingerprint density at radius 2 is 2.09 bits per heavy atom. The second kappa shape index (κ2) is 7.39. The maximum atomic E-state index is 12.3. The van der Waals surface area contributed by atoms with E-state index in [1.54, 1.807) is 7.11 Å². The maximum Gasteiger partial charge on any atom is 0.410 e. The third-order valence-corrected chi connectivity index (χ3v) is 4.76. The molecule has 2 rings (SSSR count). The summed E-state index contributed by atoms with van der Waals surface area (Å²) >= 11 is 0. The van der Waals surface area contributed by atoms with Gasteiger partial charge in [0.05, 0.1) is 6.61 Å². The lowest BCUT2D eigenvalue weighted by Crippen LogP contribution is -2.52. The molecule has 134 valence electrons. The molecule has 2 fully saturated rings. The Bertz CT molecular complexity index is 404. The molecule has 2 atom stereocenters. The highest BCUT2D eigenvalue weighted by Crippen LogP contribution is 2.34. The first kappa shape index (κ1) is 18.5. The predicted molar refractivity (Wildman–Crippen MR) is 91.5 cm³/mol. The molecule has 0 radical (unpaired) electrons. The van der Waals surface area contributed by atoms with Crippen LogP contribution >= 0.6 is 0 Å². The van der Waals surface area contributed by atoms with Crippen molar-refractivity contribution in [3.05, 3.63) is 0 Å². The van der Waals surface area contributed by atoms with Crippen molar-refractivity contribution in [2.24, 2.45) is 11.3 Å². The van der Waals surface area contributed by atoms with Gasteiger partial charge in [-0.1, -0.05) is 6.92 Å². The number of amides is 1. The summed E-state index contributed by atoms with van der Waals surface area (Å²) in [5.74, 6) is 0.768. The number of hydrogen-bond acceptors (Lipinski definition) is 4. The normalized spacial score (nSPS) is 26.9. The van der Waals surface area contributed by atoms with Crippen molar-refractivity contribution in [1.29, 1.82) is 0 Å². The Morgan fingerprint density at radius 1 is 1.39 bits per heavy atom. The summed E-state index contributed by atoms with van der Waals surface area (Å²) in [6.07, 6.45) is 4.61. The Kier molecular flexibility index (Phi) is 5.95. The monoisotopic (exact) mass is 326 g/mol. The largest absolute Gasteiger partial charge is 0.444 e. The van der Waals surface area contributed by atoms with Crippen LogP contribution in [0.2, 0.25) is 0 Å². The van der Waals surface area contributed by atoms with Gasteiger partial charge in [0.1, 0.15) is 5.60 Å². The van der Waals surface area contributed by atoms with E-state index in [4.69, 9.17) is 9.47 Å². The highest BCUT2D eigenvalue weighted by Gasteiger charge is 2.37. The number of piperidine rings is 1. The van der Waals surface area contributed by atoms with Crippen LogP contribution in [0.25, 0.3) is 0 Å². The van der Waals surface area contributed by atoms with Crippen molar-refractivity contribution in [2.75, 3.05) is 33.4 Å². The molecule has 1 heterocycles. The number of methoxy groups -OCH3 is 1. The van der Waals surface area contributed by atoms with E-state index in [9.17, 15) is 4.79 Å². The van der Waals surface area contributed by atoms with E-state index in [1.165, 1.54) is 12.8 Å². The van der Waals surface area contributed by atoms with Crippen LogP contribution in [0.4, 0.5) is 4.79 Å². The molecule has 1 N–H and O–H groups in total. The van der Waals surface area contributed by atoms with E-state index in [0.717, 1.165) is 45.0 Å². The van der Waals surface area contributed by atoms with Gasteiger partial charge in [-0.15, -0.1) is 0 Å². The zero-order valence-corrected chi connectivity index (χ0v) is 15.5. The lowest BCUT2D eigenvalue weighted by Gasteiger charge is -2.41. The fourth-order valence-electron chi connectivity index (χ4n) is 3.36. The van der Waals surface area contributed by atoms with Gasteiger partial charge in [-0.05, 0) is 57.8 Å². The molecular weight excluding hydrogens is 292 g/mol. The van der Waals surface area contributed by atoms with Gasteiger partial charge in [0.2, 0.25) is 0 Å². The molecule has 23 heavy (non-hydrogen) atoms. The van der Waals surface area contributed by atoms with Crippen molar-refractivity contribution < 1.29 is 14.3 Å². The van der Waals surface area contributed by atoms with Crippen molar-refractivity contribution in [3.63, 3.8) is 0 Å². The number of carbonyl (C=O) groups is 1. The third-order valence-electron chi connectivity index (χ3n) is 4.76. The van der Waals surface area contributed by atoms with Gasteiger partial charge < -0.3 is 19.7 Å². The highest BCUT2D eigenvalue weighted by atomic mass is 16.6. The number of likely N-dealkylation sites (tertiary alicyclic amines) is 1. The predicted octanol–water partition coefficient (Wildman–Crippen LogP) is 3.04. The van der Waals surface area contributed by atoms with E-state index in [1.807, 2.05) is 25.7 Å². The molecular formula is C18H34N2O3. The van der Waals surface area contributed by atoms with Crippen molar-refractivity contribution >= 4 is 6.09 Å². The first-order valence-electron chi connectivity index (χ1n) is 8.93. The Labute approximate surface area is 141 Å². The smallest absolute Gasteiger partial charge is 0.410 e. The van der Waals surface area contributed by atoms with E-state index in [2.05, 4.69) is 12.2 Å². The van der Waals surface area contributed by atoms with Gasteiger partial charge in [-0.2, -0.15) is 0 Å². The molecule has 5 nitrogen and oxygen atoms in total. The van der Waals surface area contributed by atoms with Crippen LogP contribution in [0.1, 0.15) is 53.4 Å². The second-order valence-corrected chi connectivity index (χ2v) is 8.60. The van der Waals surface area contributed by atoms with Crippen LogP contribution in [0.3, 0.4) is 0 Å². The molecule has 5 heteroatoms. The average Bonchev–Trinajstić information content (AvgIpc) is 3.26. The lowest BCUT2D eigenvalue weighted by atomic mass is 9.81. The van der Waals surface area contributed by atoms with E-state index in [0.29, 0.717) is 6.04 Å². The third kappa shape index (κ3) is 5.96. The summed E-state index contributed by atoms with van der Waals surface area (Å²) in [7, 11) is 1.77. The molecule has 1 amide bonds. The summed E-state index contributed by atoms with van der Waals surface area (Å²) in [6, 6.07) is 0.453. The van der Waals surface area contributed by atoms with Gasteiger partial charge in [0.15, 0.2) is 0 Å². The quantitative estimate of drug-likeness (QED) is 0.815. The van der Waals surface area contributed by atoms with Crippen LogP contribution < -0.4 is 5.32 Å². The minimum absolute atomic E-state index is 0.107. The molecule has 1 saturated carbocycles.